The van der Waals surface area contributed by atoms with E-state index in [1.165, 1.54) is 7.11 Å². The van der Waals surface area contributed by atoms with Crippen molar-refractivity contribution in [2.24, 2.45) is 0 Å². The van der Waals surface area contributed by atoms with E-state index in [2.05, 4.69) is 4.98 Å². The molecule has 0 unspecified atom stereocenters. The van der Waals surface area contributed by atoms with E-state index in [9.17, 15) is 4.79 Å². The Morgan fingerprint density at radius 1 is 0.885 bits per heavy atom. The smallest absolute Gasteiger partial charge is 0.212 e. The normalized spacial score (nSPS) is 11.0. The van der Waals surface area contributed by atoms with E-state index < -0.39 is 0 Å². The number of aromatic amines is 1. The lowest BCUT2D eigenvalue weighted by Gasteiger charge is -2.07. The first-order chi connectivity index (χ1) is 12.6. The first-order valence-electron chi connectivity index (χ1n) is 8.19. The summed E-state index contributed by atoms with van der Waals surface area (Å²) in [4.78, 5) is 16.2. The van der Waals surface area contributed by atoms with Gasteiger partial charge in [0, 0.05) is 28.6 Å². The summed E-state index contributed by atoms with van der Waals surface area (Å²) < 4.78 is 10.8. The van der Waals surface area contributed by atoms with Gasteiger partial charge in [0.2, 0.25) is 5.78 Å². The summed E-state index contributed by atoms with van der Waals surface area (Å²) in [6, 6.07) is 16.8. The van der Waals surface area contributed by atoms with Gasteiger partial charge >= 0.3 is 0 Å². The molecule has 0 fully saturated rings. The van der Waals surface area contributed by atoms with Crippen LogP contribution in [0.1, 0.15) is 16.1 Å². The van der Waals surface area contributed by atoms with Crippen LogP contribution in [0.2, 0.25) is 0 Å². The van der Waals surface area contributed by atoms with Crippen LogP contribution in [0.5, 0.6) is 11.5 Å². The summed E-state index contributed by atoms with van der Waals surface area (Å²) in [5, 5.41) is 3.01. The molecule has 0 aliphatic carbocycles. The van der Waals surface area contributed by atoms with Crippen molar-refractivity contribution in [1.82, 2.24) is 4.98 Å². The van der Waals surface area contributed by atoms with E-state index in [0.717, 1.165) is 27.4 Å². The number of nitrogens with one attached hydrogen (secondary N) is 1. The van der Waals surface area contributed by atoms with Crippen molar-refractivity contribution in [2.45, 2.75) is 0 Å². The summed E-state index contributed by atoms with van der Waals surface area (Å²) in [6.45, 7) is 0. The number of H-pyrrole nitrogens is 1. The van der Waals surface area contributed by atoms with Crippen molar-refractivity contribution in [3.63, 3.8) is 0 Å². The van der Waals surface area contributed by atoms with Gasteiger partial charge in [-0.1, -0.05) is 24.3 Å². The van der Waals surface area contributed by atoms with Crippen LogP contribution in [0.15, 0.2) is 54.6 Å². The van der Waals surface area contributed by atoms with E-state index in [0.29, 0.717) is 22.7 Å². The molecule has 26 heavy (non-hydrogen) atoms. The molecule has 0 aliphatic heterocycles. The third kappa shape index (κ3) is 2.45. The molecule has 3 N–H and O–H groups in total. The van der Waals surface area contributed by atoms with E-state index in [1.807, 2.05) is 36.4 Å². The van der Waals surface area contributed by atoms with Gasteiger partial charge in [0.25, 0.3) is 0 Å². The summed E-state index contributed by atoms with van der Waals surface area (Å²) in [5.74, 6) is 1.07. The number of hydrogen-bond acceptors (Lipinski definition) is 4. The molecule has 5 heteroatoms. The average Bonchev–Trinajstić information content (AvgIpc) is 3.11. The van der Waals surface area contributed by atoms with Crippen molar-refractivity contribution in [3.05, 3.63) is 65.9 Å². The third-order valence-corrected chi connectivity index (χ3v) is 4.54. The number of aromatic nitrogens is 1. The fraction of sp³-hybridized carbons (Fsp3) is 0.0952. The number of nitrogen functional groups attached to an aromatic ring is 1. The maximum atomic E-state index is 13.0. The number of benzene rings is 3. The lowest BCUT2D eigenvalue weighted by molar-refractivity contribution is 0.103. The van der Waals surface area contributed by atoms with Gasteiger partial charge in [-0.05, 0) is 23.6 Å². The minimum atomic E-state index is -0.152. The Kier molecular flexibility index (Phi) is 3.77. The highest BCUT2D eigenvalue weighted by atomic mass is 16.5. The van der Waals surface area contributed by atoms with Crippen LogP contribution < -0.4 is 15.2 Å². The highest BCUT2D eigenvalue weighted by molar-refractivity contribution is 6.16. The second-order valence-corrected chi connectivity index (χ2v) is 6.06. The van der Waals surface area contributed by atoms with Crippen LogP contribution >= 0.6 is 0 Å². The number of ether oxygens (including phenoxy) is 2. The monoisotopic (exact) mass is 346 g/mol. The number of rotatable bonds is 4. The lowest BCUT2D eigenvalue weighted by Crippen LogP contribution is -2.05. The fourth-order valence-electron chi connectivity index (χ4n) is 3.28. The molecule has 0 radical (unpaired) electrons. The Balaban J connectivity index is 1.91. The van der Waals surface area contributed by atoms with Gasteiger partial charge in [-0.3, -0.25) is 4.79 Å². The van der Waals surface area contributed by atoms with E-state index in [4.69, 9.17) is 15.2 Å². The van der Waals surface area contributed by atoms with E-state index >= 15 is 0 Å². The van der Waals surface area contributed by atoms with Crippen molar-refractivity contribution in [3.8, 4) is 11.5 Å². The van der Waals surface area contributed by atoms with E-state index in [-0.39, 0.29) is 5.78 Å². The number of anilines is 1. The molecule has 4 rings (SSSR count). The van der Waals surface area contributed by atoms with Gasteiger partial charge in [0.1, 0.15) is 11.5 Å². The molecule has 0 bridgehead atoms. The maximum absolute atomic E-state index is 13.0. The summed E-state index contributed by atoms with van der Waals surface area (Å²) in [6.07, 6.45) is 0. The number of methoxy groups -OCH3 is 2. The fourth-order valence-corrected chi connectivity index (χ4v) is 3.28. The zero-order valence-corrected chi connectivity index (χ0v) is 14.5. The number of ketones is 1. The predicted molar refractivity (Wildman–Crippen MR) is 103 cm³/mol. The molecule has 0 saturated heterocycles. The number of carbonyl (C=O) groups is 1. The van der Waals surface area contributed by atoms with Crippen molar-refractivity contribution >= 4 is 33.1 Å². The first-order valence-corrected chi connectivity index (χ1v) is 8.19. The van der Waals surface area contributed by atoms with Crippen molar-refractivity contribution < 1.29 is 14.3 Å². The molecule has 3 aromatic carbocycles. The summed E-state index contributed by atoms with van der Waals surface area (Å²) in [5.41, 5.74) is 8.13. The van der Waals surface area contributed by atoms with Crippen molar-refractivity contribution in [1.29, 1.82) is 0 Å². The second-order valence-electron chi connectivity index (χ2n) is 6.06. The predicted octanol–water partition coefficient (Wildman–Crippen LogP) is 4.15. The Bertz CT molecular complexity index is 1140. The highest BCUT2D eigenvalue weighted by Gasteiger charge is 2.18. The molecule has 0 amide bonds. The molecule has 0 spiro atoms. The number of carbonyl (C=O) groups excluding carboxylic acids is 1. The molecule has 4 aromatic rings. The van der Waals surface area contributed by atoms with Crippen LogP contribution in [0.3, 0.4) is 0 Å². The molecule has 130 valence electrons. The van der Waals surface area contributed by atoms with Gasteiger partial charge in [-0.15, -0.1) is 0 Å². The van der Waals surface area contributed by atoms with Gasteiger partial charge in [0.15, 0.2) is 0 Å². The Hall–Kier alpha value is -3.47. The molecule has 5 nitrogen and oxygen atoms in total. The molecule has 0 atom stereocenters. The summed E-state index contributed by atoms with van der Waals surface area (Å²) in [7, 11) is 3.16. The standard InChI is InChI=1S/C21H18N2O3/c1-25-19-9-12(22)7-8-15(19)21(24)18-10-16-13-5-3-4-6-14(13)20(26-2)11-17(16)23-18/h3-11,23H,22H2,1-2H3. The van der Waals surface area contributed by atoms with Crippen LogP contribution in [0, 0.1) is 0 Å². The summed E-state index contributed by atoms with van der Waals surface area (Å²) >= 11 is 0. The highest BCUT2D eigenvalue weighted by Crippen LogP contribution is 2.34. The third-order valence-electron chi connectivity index (χ3n) is 4.54. The van der Waals surface area contributed by atoms with Crippen LogP contribution in [-0.2, 0) is 0 Å². The number of hydrogen-bond donors (Lipinski definition) is 2. The number of nitrogens with two attached hydrogens (primary N) is 1. The molecule has 1 heterocycles. The largest absolute Gasteiger partial charge is 0.496 e. The molecular weight excluding hydrogens is 328 g/mol. The van der Waals surface area contributed by atoms with Crippen LogP contribution in [0.4, 0.5) is 5.69 Å². The SMILES string of the molecule is COc1cc(N)ccc1C(=O)c1cc2c(cc(OC)c3ccccc32)[nH]1. The minimum absolute atomic E-state index is 0.152. The first kappa shape index (κ1) is 16.0. The Morgan fingerprint density at radius 2 is 1.62 bits per heavy atom. The molecule has 0 saturated carbocycles. The number of fused-ring (bicyclic) bond motifs is 3. The molecular formula is C21H18N2O3. The minimum Gasteiger partial charge on any atom is -0.496 e. The Labute approximate surface area is 150 Å². The second kappa shape index (κ2) is 6.11. The lowest BCUT2D eigenvalue weighted by atomic mass is 10.0. The maximum Gasteiger partial charge on any atom is 0.212 e. The van der Waals surface area contributed by atoms with E-state index in [1.54, 1.807) is 25.3 Å². The Morgan fingerprint density at radius 3 is 2.35 bits per heavy atom. The zero-order chi connectivity index (χ0) is 18.3. The van der Waals surface area contributed by atoms with Crippen LogP contribution in [-0.4, -0.2) is 25.0 Å². The van der Waals surface area contributed by atoms with Crippen molar-refractivity contribution in [2.75, 3.05) is 20.0 Å². The van der Waals surface area contributed by atoms with Crippen LogP contribution in [0.25, 0.3) is 21.7 Å². The van der Waals surface area contributed by atoms with Gasteiger partial charge in [0.05, 0.1) is 31.0 Å². The topological polar surface area (TPSA) is 77.3 Å². The zero-order valence-electron chi connectivity index (χ0n) is 14.5. The quantitative estimate of drug-likeness (QED) is 0.430. The average molecular weight is 346 g/mol. The van der Waals surface area contributed by atoms with Gasteiger partial charge < -0.3 is 20.2 Å². The van der Waals surface area contributed by atoms with Gasteiger partial charge in [-0.25, -0.2) is 0 Å². The van der Waals surface area contributed by atoms with Gasteiger partial charge in [-0.2, -0.15) is 0 Å². The molecule has 0 aliphatic rings. The molecule has 1 aromatic heterocycles.